The van der Waals surface area contributed by atoms with Gasteiger partial charge in [0, 0.05) is 19.7 Å². The third-order valence-electron chi connectivity index (χ3n) is 3.65. The van der Waals surface area contributed by atoms with E-state index in [-0.39, 0.29) is 24.0 Å². The number of nitrogens with one attached hydrogen (secondary N) is 1. The van der Waals surface area contributed by atoms with Gasteiger partial charge in [0.15, 0.2) is 0 Å². The van der Waals surface area contributed by atoms with Crippen LogP contribution in [0.4, 0.5) is 0 Å². The fourth-order valence-electron chi connectivity index (χ4n) is 2.50. The summed E-state index contributed by atoms with van der Waals surface area (Å²) in [5.74, 6) is 0.186. The van der Waals surface area contributed by atoms with Crippen molar-refractivity contribution < 1.29 is 9.90 Å². The van der Waals surface area contributed by atoms with Gasteiger partial charge < -0.3 is 15.3 Å². The Morgan fingerprint density at radius 1 is 1.53 bits per heavy atom. The van der Waals surface area contributed by atoms with Crippen LogP contribution in [-0.4, -0.2) is 48.2 Å². The SMILES string of the molecule is CCN(CCCO)C(=O)C1NCCCC1(C)C. The summed E-state index contributed by atoms with van der Waals surface area (Å²) >= 11 is 0. The minimum Gasteiger partial charge on any atom is -0.396 e. The average Bonchev–Trinajstić information content (AvgIpc) is 2.29. The van der Waals surface area contributed by atoms with Crippen LogP contribution >= 0.6 is 0 Å². The quantitative estimate of drug-likeness (QED) is 0.756. The van der Waals surface area contributed by atoms with Crippen LogP contribution in [-0.2, 0) is 4.79 Å². The van der Waals surface area contributed by atoms with Crippen LogP contribution < -0.4 is 5.32 Å². The predicted molar refractivity (Wildman–Crippen MR) is 68.8 cm³/mol. The molecule has 4 heteroatoms. The number of aliphatic hydroxyl groups is 1. The van der Waals surface area contributed by atoms with E-state index in [9.17, 15) is 4.79 Å². The number of carbonyl (C=O) groups excluding carboxylic acids is 1. The van der Waals surface area contributed by atoms with Gasteiger partial charge in [0.25, 0.3) is 0 Å². The Balaban J connectivity index is 2.65. The Labute approximate surface area is 104 Å². The molecule has 0 aromatic rings. The number of hydrogen-bond acceptors (Lipinski definition) is 3. The number of likely N-dealkylation sites (N-methyl/N-ethyl adjacent to an activating group) is 1. The van der Waals surface area contributed by atoms with Crippen molar-refractivity contribution in [1.82, 2.24) is 10.2 Å². The largest absolute Gasteiger partial charge is 0.396 e. The Morgan fingerprint density at radius 2 is 2.24 bits per heavy atom. The second-order valence-corrected chi connectivity index (χ2v) is 5.47. The van der Waals surface area contributed by atoms with Gasteiger partial charge >= 0.3 is 0 Å². The van der Waals surface area contributed by atoms with Crippen molar-refractivity contribution in [3.8, 4) is 0 Å². The first-order valence-electron chi connectivity index (χ1n) is 6.66. The van der Waals surface area contributed by atoms with Gasteiger partial charge in [-0.05, 0) is 38.1 Å². The van der Waals surface area contributed by atoms with Crippen molar-refractivity contribution in [3.05, 3.63) is 0 Å². The highest BCUT2D eigenvalue weighted by Crippen LogP contribution is 2.31. The van der Waals surface area contributed by atoms with Crippen molar-refractivity contribution >= 4 is 5.91 Å². The van der Waals surface area contributed by atoms with Crippen LogP contribution in [0, 0.1) is 5.41 Å². The number of piperidine rings is 1. The highest BCUT2D eigenvalue weighted by molar-refractivity contribution is 5.82. The number of nitrogens with zero attached hydrogens (tertiary/aromatic N) is 1. The van der Waals surface area contributed by atoms with Gasteiger partial charge in [0.1, 0.15) is 0 Å². The van der Waals surface area contributed by atoms with Crippen LogP contribution in [0.15, 0.2) is 0 Å². The number of carbonyl (C=O) groups is 1. The van der Waals surface area contributed by atoms with Crippen molar-refractivity contribution in [3.63, 3.8) is 0 Å². The molecule has 0 radical (unpaired) electrons. The topological polar surface area (TPSA) is 52.6 Å². The van der Waals surface area contributed by atoms with E-state index in [1.54, 1.807) is 0 Å². The van der Waals surface area contributed by atoms with Gasteiger partial charge in [0.2, 0.25) is 5.91 Å². The first-order chi connectivity index (χ1) is 8.03. The molecule has 1 heterocycles. The molecule has 100 valence electrons. The molecule has 0 aromatic heterocycles. The zero-order valence-electron chi connectivity index (χ0n) is 11.3. The minimum atomic E-state index is -0.0742. The molecule has 0 aromatic carbocycles. The van der Waals surface area contributed by atoms with Crippen molar-refractivity contribution in [2.45, 2.75) is 46.1 Å². The van der Waals surface area contributed by atoms with Crippen molar-refractivity contribution in [2.24, 2.45) is 5.41 Å². The maximum absolute atomic E-state index is 12.4. The lowest BCUT2D eigenvalue weighted by Crippen LogP contribution is -2.56. The number of amides is 1. The van der Waals surface area contributed by atoms with Crippen LogP contribution in [0.1, 0.15) is 40.0 Å². The average molecular weight is 242 g/mol. The molecular weight excluding hydrogens is 216 g/mol. The zero-order valence-corrected chi connectivity index (χ0v) is 11.3. The van der Waals surface area contributed by atoms with Crippen molar-refractivity contribution in [1.29, 1.82) is 0 Å². The molecule has 4 nitrogen and oxygen atoms in total. The van der Waals surface area contributed by atoms with E-state index >= 15 is 0 Å². The van der Waals surface area contributed by atoms with E-state index in [4.69, 9.17) is 5.11 Å². The molecule has 2 N–H and O–H groups in total. The van der Waals surface area contributed by atoms with E-state index in [1.807, 2.05) is 11.8 Å². The predicted octanol–water partition coefficient (Wildman–Crippen LogP) is 0.995. The van der Waals surface area contributed by atoms with Crippen molar-refractivity contribution in [2.75, 3.05) is 26.2 Å². The first-order valence-corrected chi connectivity index (χ1v) is 6.66. The van der Waals surface area contributed by atoms with E-state index in [0.717, 1.165) is 19.4 Å². The minimum absolute atomic E-state index is 0.0297. The summed E-state index contributed by atoms with van der Waals surface area (Å²) in [5, 5.41) is 12.2. The summed E-state index contributed by atoms with van der Waals surface area (Å²) in [7, 11) is 0. The molecule has 1 saturated heterocycles. The van der Waals surface area contributed by atoms with Gasteiger partial charge in [-0.15, -0.1) is 0 Å². The molecule has 1 amide bonds. The van der Waals surface area contributed by atoms with E-state index in [0.29, 0.717) is 19.5 Å². The number of hydrogen-bond donors (Lipinski definition) is 2. The normalized spacial score (nSPS) is 23.4. The van der Waals surface area contributed by atoms with Gasteiger partial charge in [-0.2, -0.15) is 0 Å². The summed E-state index contributed by atoms with van der Waals surface area (Å²) in [6.07, 6.45) is 2.89. The van der Waals surface area contributed by atoms with E-state index < -0.39 is 0 Å². The molecule has 17 heavy (non-hydrogen) atoms. The fraction of sp³-hybridized carbons (Fsp3) is 0.923. The molecule has 1 aliphatic heterocycles. The summed E-state index contributed by atoms with van der Waals surface area (Å²) in [4.78, 5) is 14.3. The number of rotatable bonds is 5. The second-order valence-electron chi connectivity index (χ2n) is 5.47. The molecule has 1 atom stereocenters. The first kappa shape index (κ1) is 14.5. The Morgan fingerprint density at radius 3 is 2.76 bits per heavy atom. The second kappa shape index (κ2) is 6.36. The van der Waals surface area contributed by atoms with E-state index in [1.165, 1.54) is 0 Å². The molecule has 0 spiro atoms. The van der Waals surface area contributed by atoms with Crippen LogP contribution in [0.25, 0.3) is 0 Å². The molecule has 1 aliphatic rings. The Bertz CT molecular complexity index is 254. The highest BCUT2D eigenvalue weighted by Gasteiger charge is 2.38. The summed E-state index contributed by atoms with van der Waals surface area (Å²) in [5.41, 5.74) is 0.0297. The third-order valence-corrected chi connectivity index (χ3v) is 3.65. The van der Waals surface area contributed by atoms with Gasteiger partial charge in [-0.25, -0.2) is 0 Å². The smallest absolute Gasteiger partial charge is 0.240 e. The standard InChI is InChI=1S/C13H26N2O2/c1-4-15(9-6-10-16)12(17)11-13(2,3)7-5-8-14-11/h11,14,16H,4-10H2,1-3H3. The Hall–Kier alpha value is -0.610. The van der Waals surface area contributed by atoms with Gasteiger partial charge in [-0.1, -0.05) is 13.8 Å². The number of aliphatic hydroxyl groups excluding tert-OH is 1. The third kappa shape index (κ3) is 3.68. The summed E-state index contributed by atoms with van der Waals surface area (Å²) < 4.78 is 0. The zero-order chi connectivity index (χ0) is 12.9. The fourth-order valence-corrected chi connectivity index (χ4v) is 2.50. The molecule has 1 fully saturated rings. The van der Waals surface area contributed by atoms with Gasteiger partial charge in [0.05, 0.1) is 6.04 Å². The molecule has 1 rings (SSSR count). The van der Waals surface area contributed by atoms with Crippen LogP contribution in [0.5, 0.6) is 0 Å². The maximum Gasteiger partial charge on any atom is 0.240 e. The molecule has 0 aliphatic carbocycles. The van der Waals surface area contributed by atoms with Crippen LogP contribution in [0.2, 0.25) is 0 Å². The Kier molecular flexibility index (Phi) is 5.40. The van der Waals surface area contributed by atoms with Gasteiger partial charge in [-0.3, -0.25) is 4.79 Å². The lowest BCUT2D eigenvalue weighted by Gasteiger charge is -2.40. The van der Waals surface area contributed by atoms with Crippen LogP contribution in [0.3, 0.4) is 0 Å². The lowest BCUT2D eigenvalue weighted by molar-refractivity contribution is -0.137. The molecule has 0 bridgehead atoms. The maximum atomic E-state index is 12.4. The monoisotopic (exact) mass is 242 g/mol. The molecule has 1 unspecified atom stereocenters. The summed E-state index contributed by atoms with van der Waals surface area (Å²) in [6, 6.07) is -0.0742. The molecular formula is C13H26N2O2. The highest BCUT2D eigenvalue weighted by atomic mass is 16.3. The lowest BCUT2D eigenvalue weighted by atomic mass is 9.77. The summed E-state index contributed by atoms with van der Waals surface area (Å²) in [6.45, 7) is 8.74. The van der Waals surface area contributed by atoms with E-state index in [2.05, 4.69) is 19.2 Å². The molecule has 0 saturated carbocycles.